The molecular formula is C18H22N2O6. The van der Waals surface area contributed by atoms with Crippen LogP contribution in [0, 0.1) is 10.1 Å². The average Bonchev–Trinajstić information content (AvgIpc) is 3.16. The van der Waals surface area contributed by atoms with Crippen LogP contribution in [0.5, 0.6) is 0 Å². The van der Waals surface area contributed by atoms with Gasteiger partial charge in [0.05, 0.1) is 24.6 Å². The molecule has 1 fully saturated rings. The van der Waals surface area contributed by atoms with E-state index in [1.165, 1.54) is 25.3 Å². The molecule has 1 saturated heterocycles. The van der Waals surface area contributed by atoms with Crippen LogP contribution >= 0.6 is 0 Å². The van der Waals surface area contributed by atoms with E-state index >= 15 is 0 Å². The first-order valence-electron chi connectivity index (χ1n) is 8.39. The fraction of sp³-hybridized carbons (Fsp3) is 0.444. The predicted molar refractivity (Wildman–Crippen MR) is 94.3 cm³/mol. The molecule has 2 rings (SSSR count). The third-order valence-electron chi connectivity index (χ3n) is 4.10. The number of carbonyl (C=O) groups is 2. The minimum atomic E-state index is -0.477. The molecule has 1 aromatic carbocycles. The number of nitrogens with zero attached hydrogens (tertiary/aromatic N) is 2. The summed E-state index contributed by atoms with van der Waals surface area (Å²) < 4.78 is 10.2. The zero-order valence-electron chi connectivity index (χ0n) is 14.6. The fourth-order valence-electron chi connectivity index (χ4n) is 2.63. The second-order valence-electron chi connectivity index (χ2n) is 5.93. The molecule has 0 radical (unpaired) electrons. The summed E-state index contributed by atoms with van der Waals surface area (Å²) in [6.45, 7) is 1.35. The molecule has 8 nitrogen and oxygen atoms in total. The molecule has 1 aromatic rings. The molecule has 1 heterocycles. The van der Waals surface area contributed by atoms with Crippen molar-refractivity contribution in [1.29, 1.82) is 0 Å². The maximum Gasteiger partial charge on any atom is 0.307 e. The van der Waals surface area contributed by atoms with Gasteiger partial charge in [0.15, 0.2) is 0 Å². The van der Waals surface area contributed by atoms with Crippen LogP contribution in [0.25, 0.3) is 6.08 Å². The number of ether oxygens (including phenoxy) is 2. The molecular weight excluding hydrogens is 340 g/mol. The normalized spacial score (nSPS) is 16.6. The highest BCUT2D eigenvalue weighted by Crippen LogP contribution is 2.15. The van der Waals surface area contributed by atoms with Gasteiger partial charge in [0.1, 0.15) is 0 Å². The molecule has 1 amide bonds. The first-order valence-corrected chi connectivity index (χ1v) is 8.39. The summed E-state index contributed by atoms with van der Waals surface area (Å²) in [6, 6.07) is 5.90. The highest BCUT2D eigenvalue weighted by molar-refractivity contribution is 5.92. The molecule has 8 heteroatoms. The first-order chi connectivity index (χ1) is 12.5. The quantitative estimate of drug-likeness (QED) is 0.304. The molecule has 0 bridgehead atoms. The maximum atomic E-state index is 12.5. The topological polar surface area (TPSA) is 99.0 Å². The van der Waals surface area contributed by atoms with Gasteiger partial charge in [-0.1, -0.05) is 0 Å². The SMILES string of the molecule is COC(=O)CCN(CC1CCCO1)C(=O)/C=C/c1ccc([N+](=O)[O-])cc1. The summed E-state index contributed by atoms with van der Waals surface area (Å²) in [4.78, 5) is 35.6. The minimum Gasteiger partial charge on any atom is -0.469 e. The number of benzene rings is 1. The van der Waals surface area contributed by atoms with E-state index < -0.39 is 4.92 Å². The van der Waals surface area contributed by atoms with Gasteiger partial charge >= 0.3 is 5.97 Å². The van der Waals surface area contributed by atoms with Crippen molar-refractivity contribution < 1.29 is 24.0 Å². The van der Waals surface area contributed by atoms with Gasteiger partial charge in [-0.3, -0.25) is 19.7 Å². The first kappa shape index (κ1) is 19.6. The molecule has 0 N–H and O–H groups in total. The molecule has 0 saturated carbocycles. The van der Waals surface area contributed by atoms with Crippen molar-refractivity contribution in [2.75, 3.05) is 26.8 Å². The molecule has 26 heavy (non-hydrogen) atoms. The standard InChI is InChI=1S/C18H22N2O6/c1-25-18(22)10-11-19(13-16-3-2-12-26-16)17(21)9-6-14-4-7-15(8-5-14)20(23)24/h4-9,16H,2-3,10-13H2,1H3/b9-6+. The Bertz CT molecular complexity index is 665. The van der Waals surface area contributed by atoms with Crippen LogP contribution in [-0.2, 0) is 19.1 Å². The number of non-ortho nitro benzene ring substituents is 1. The zero-order valence-corrected chi connectivity index (χ0v) is 14.6. The second-order valence-corrected chi connectivity index (χ2v) is 5.93. The molecule has 1 aliphatic rings. The lowest BCUT2D eigenvalue weighted by atomic mass is 10.2. The van der Waals surface area contributed by atoms with Gasteiger partial charge in [-0.05, 0) is 36.6 Å². The summed E-state index contributed by atoms with van der Waals surface area (Å²) in [5, 5.41) is 10.7. The number of hydrogen-bond donors (Lipinski definition) is 0. The van der Waals surface area contributed by atoms with E-state index in [2.05, 4.69) is 4.74 Å². The van der Waals surface area contributed by atoms with Crippen LogP contribution in [-0.4, -0.2) is 54.6 Å². The number of nitro benzene ring substituents is 1. The van der Waals surface area contributed by atoms with Crippen LogP contribution in [0.4, 0.5) is 5.69 Å². The van der Waals surface area contributed by atoms with Gasteiger partial charge in [0.25, 0.3) is 5.69 Å². The Morgan fingerprint density at radius 2 is 2.12 bits per heavy atom. The lowest BCUT2D eigenvalue weighted by Crippen LogP contribution is -2.37. The van der Waals surface area contributed by atoms with E-state index in [9.17, 15) is 19.7 Å². The summed E-state index contributed by atoms with van der Waals surface area (Å²) in [5.41, 5.74) is 0.667. The number of hydrogen-bond acceptors (Lipinski definition) is 6. The Kier molecular flexibility index (Phi) is 7.28. The van der Waals surface area contributed by atoms with Crippen LogP contribution in [0.2, 0.25) is 0 Å². The summed E-state index contributed by atoms with van der Waals surface area (Å²) in [5.74, 6) is -0.628. The van der Waals surface area contributed by atoms with Crippen molar-refractivity contribution in [3.05, 3.63) is 46.0 Å². The van der Waals surface area contributed by atoms with Crippen molar-refractivity contribution in [2.24, 2.45) is 0 Å². The summed E-state index contributed by atoms with van der Waals surface area (Å²) in [7, 11) is 1.31. The van der Waals surface area contributed by atoms with Crippen LogP contribution in [0.1, 0.15) is 24.8 Å². The summed E-state index contributed by atoms with van der Waals surface area (Å²) in [6.07, 6.45) is 4.92. The number of rotatable bonds is 8. The largest absolute Gasteiger partial charge is 0.469 e. The van der Waals surface area contributed by atoms with Crippen molar-refractivity contribution >= 4 is 23.6 Å². The Morgan fingerprint density at radius 1 is 1.38 bits per heavy atom. The molecule has 1 aliphatic heterocycles. The molecule has 140 valence electrons. The number of amides is 1. The van der Waals surface area contributed by atoms with E-state index in [1.807, 2.05) is 0 Å². The van der Waals surface area contributed by atoms with Gasteiger partial charge < -0.3 is 14.4 Å². The van der Waals surface area contributed by atoms with E-state index in [0.717, 1.165) is 12.8 Å². The van der Waals surface area contributed by atoms with E-state index in [-0.39, 0.29) is 36.6 Å². The van der Waals surface area contributed by atoms with Gasteiger partial charge in [-0.15, -0.1) is 0 Å². The monoisotopic (exact) mass is 362 g/mol. The third-order valence-corrected chi connectivity index (χ3v) is 4.10. The molecule has 0 aliphatic carbocycles. The van der Waals surface area contributed by atoms with Crippen molar-refractivity contribution in [2.45, 2.75) is 25.4 Å². The van der Waals surface area contributed by atoms with Gasteiger partial charge in [-0.25, -0.2) is 0 Å². The number of esters is 1. The van der Waals surface area contributed by atoms with Crippen LogP contribution in [0.3, 0.4) is 0 Å². The highest BCUT2D eigenvalue weighted by atomic mass is 16.6. The Labute approximate surface area is 151 Å². The second kappa shape index (κ2) is 9.67. The Hall–Kier alpha value is -2.74. The average molecular weight is 362 g/mol. The maximum absolute atomic E-state index is 12.5. The molecule has 1 unspecified atom stereocenters. The number of methoxy groups -OCH3 is 1. The van der Waals surface area contributed by atoms with Crippen LogP contribution < -0.4 is 0 Å². The smallest absolute Gasteiger partial charge is 0.307 e. The molecule has 0 aromatic heterocycles. The van der Waals surface area contributed by atoms with E-state index in [1.54, 1.807) is 23.1 Å². The lowest BCUT2D eigenvalue weighted by Gasteiger charge is -2.24. The minimum absolute atomic E-state index is 0.00781. The van der Waals surface area contributed by atoms with E-state index in [4.69, 9.17) is 4.74 Å². The Morgan fingerprint density at radius 3 is 2.69 bits per heavy atom. The highest BCUT2D eigenvalue weighted by Gasteiger charge is 2.22. The lowest BCUT2D eigenvalue weighted by molar-refractivity contribution is -0.384. The zero-order chi connectivity index (χ0) is 18.9. The fourth-order valence-corrected chi connectivity index (χ4v) is 2.63. The number of nitro groups is 1. The summed E-state index contributed by atoms with van der Waals surface area (Å²) >= 11 is 0. The van der Waals surface area contributed by atoms with Crippen molar-refractivity contribution in [1.82, 2.24) is 4.90 Å². The third kappa shape index (κ3) is 5.96. The Balaban J connectivity index is 2.00. The number of carbonyl (C=O) groups excluding carboxylic acids is 2. The van der Waals surface area contributed by atoms with Crippen LogP contribution in [0.15, 0.2) is 30.3 Å². The van der Waals surface area contributed by atoms with E-state index in [0.29, 0.717) is 18.7 Å². The van der Waals surface area contributed by atoms with Crippen molar-refractivity contribution in [3.63, 3.8) is 0 Å². The molecule has 0 spiro atoms. The van der Waals surface area contributed by atoms with Crippen molar-refractivity contribution in [3.8, 4) is 0 Å². The predicted octanol–water partition coefficient (Wildman–Crippen LogP) is 2.18. The van der Waals surface area contributed by atoms with Gasteiger partial charge in [0, 0.05) is 37.9 Å². The van der Waals surface area contributed by atoms with Gasteiger partial charge in [-0.2, -0.15) is 0 Å². The molecule has 1 atom stereocenters. The van der Waals surface area contributed by atoms with Gasteiger partial charge in [0.2, 0.25) is 5.91 Å².